The lowest BCUT2D eigenvalue weighted by Gasteiger charge is -2.12. The highest BCUT2D eigenvalue weighted by atomic mass is 19.1. The Kier molecular flexibility index (Phi) is 5.07. The van der Waals surface area contributed by atoms with Crippen molar-refractivity contribution in [2.24, 2.45) is 0 Å². The summed E-state index contributed by atoms with van der Waals surface area (Å²) in [5.41, 5.74) is 2.64. The quantitative estimate of drug-likeness (QED) is 0.878. The van der Waals surface area contributed by atoms with Crippen molar-refractivity contribution in [1.82, 2.24) is 10.3 Å². The molecule has 1 heterocycles. The molecule has 20 heavy (non-hydrogen) atoms. The van der Waals surface area contributed by atoms with Gasteiger partial charge in [-0.3, -0.25) is 4.98 Å². The molecule has 0 unspecified atom stereocenters. The van der Waals surface area contributed by atoms with Crippen LogP contribution in [0.5, 0.6) is 5.75 Å². The molecule has 0 radical (unpaired) electrons. The molecule has 1 aromatic carbocycles. The van der Waals surface area contributed by atoms with Crippen molar-refractivity contribution in [1.29, 1.82) is 0 Å². The smallest absolute Gasteiger partial charge is 0.130 e. The summed E-state index contributed by atoms with van der Waals surface area (Å²) in [5.74, 6) is 0.439. The average molecular weight is 274 g/mol. The molecule has 4 heteroatoms. The van der Waals surface area contributed by atoms with Crippen LogP contribution in [0.4, 0.5) is 4.39 Å². The van der Waals surface area contributed by atoms with Gasteiger partial charge in [-0.05, 0) is 43.8 Å². The lowest BCUT2D eigenvalue weighted by Crippen LogP contribution is -2.13. The predicted molar refractivity (Wildman–Crippen MR) is 77.1 cm³/mol. The summed E-state index contributed by atoms with van der Waals surface area (Å²) >= 11 is 0. The molecule has 2 aromatic rings. The van der Waals surface area contributed by atoms with Crippen LogP contribution in [0.3, 0.4) is 0 Å². The van der Waals surface area contributed by atoms with Gasteiger partial charge in [-0.1, -0.05) is 13.0 Å². The van der Waals surface area contributed by atoms with Crippen LogP contribution >= 0.6 is 0 Å². The van der Waals surface area contributed by atoms with E-state index in [2.05, 4.69) is 10.3 Å². The van der Waals surface area contributed by atoms with E-state index in [1.807, 2.05) is 32.0 Å². The van der Waals surface area contributed by atoms with Crippen molar-refractivity contribution in [2.45, 2.75) is 27.0 Å². The highest BCUT2D eigenvalue weighted by molar-refractivity contribution is 5.34. The van der Waals surface area contributed by atoms with Crippen molar-refractivity contribution in [2.75, 3.05) is 6.54 Å². The molecule has 2 rings (SSSR count). The van der Waals surface area contributed by atoms with E-state index < -0.39 is 0 Å². The number of hydrogen-bond donors (Lipinski definition) is 1. The molecule has 0 atom stereocenters. The van der Waals surface area contributed by atoms with Crippen molar-refractivity contribution in [3.05, 3.63) is 59.2 Å². The number of aromatic nitrogens is 1. The van der Waals surface area contributed by atoms with Crippen LogP contribution in [0.1, 0.15) is 23.9 Å². The summed E-state index contributed by atoms with van der Waals surface area (Å²) < 4.78 is 19.1. The van der Waals surface area contributed by atoms with E-state index in [1.54, 1.807) is 6.07 Å². The summed E-state index contributed by atoms with van der Waals surface area (Å²) in [7, 11) is 0. The number of benzene rings is 1. The monoisotopic (exact) mass is 274 g/mol. The van der Waals surface area contributed by atoms with Crippen molar-refractivity contribution >= 4 is 0 Å². The fraction of sp³-hybridized carbons (Fsp3) is 0.312. The molecule has 1 aromatic heterocycles. The minimum Gasteiger partial charge on any atom is -0.487 e. The van der Waals surface area contributed by atoms with Crippen molar-refractivity contribution in [3.8, 4) is 5.75 Å². The van der Waals surface area contributed by atoms with Crippen LogP contribution in [0.15, 0.2) is 36.4 Å². The van der Waals surface area contributed by atoms with Gasteiger partial charge in [-0.2, -0.15) is 0 Å². The van der Waals surface area contributed by atoms with E-state index in [4.69, 9.17) is 4.74 Å². The van der Waals surface area contributed by atoms with Gasteiger partial charge in [-0.15, -0.1) is 0 Å². The van der Waals surface area contributed by atoms with Gasteiger partial charge in [0.2, 0.25) is 0 Å². The fourth-order valence-corrected chi connectivity index (χ4v) is 1.92. The maximum absolute atomic E-state index is 13.3. The van der Waals surface area contributed by atoms with Crippen molar-refractivity contribution < 1.29 is 9.13 Å². The first-order valence-electron chi connectivity index (χ1n) is 6.73. The minimum absolute atomic E-state index is 0.251. The van der Waals surface area contributed by atoms with Crippen molar-refractivity contribution in [3.63, 3.8) is 0 Å². The zero-order chi connectivity index (χ0) is 14.4. The van der Waals surface area contributed by atoms with Gasteiger partial charge >= 0.3 is 0 Å². The first-order chi connectivity index (χ1) is 9.69. The number of nitrogens with one attached hydrogen (secondary N) is 1. The summed E-state index contributed by atoms with van der Waals surface area (Å²) in [4.78, 5) is 4.38. The molecule has 0 spiro atoms. The zero-order valence-electron chi connectivity index (χ0n) is 11.8. The van der Waals surface area contributed by atoms with Crippen LogP contribution in [0.2, 0.25) is 0 Å². The summed E-state index contributed by atoms with van der Waals surface area (Å²) in [6.07, 6.45) is 0. The SMILES string of the molecule is CCNCc1cc(F)ccc1OCc1cccc(C)n1. The fourth-order valence-electron chi connectivity index (χ4n) is 1.92. The second-order valence-corrected chi connectivity index (χ2v) is 4.59. The molecule has 0 aliphatic rings. The van der Waals surface area contributed by atoms with Gasteiger partial charge in [0, 0.05) is 17.8 Å². The van der Waals surface area contributed by atoms with E-state index in [0.717, 1.165) is 23.5 Å². The van der Waals surface area contributed by atoms with E-state index in [0.29, 0.717) is 18.9 Å². The third kappa shape index (κ3) is 4.03. The predicted octanol–water partition coefficient (Wildman–Crippen LogP) is 3.22. The van der Waals surface area contributed by atoms with Crippen LogP contribution in [0.25, 0.3) is 0 Å². The summed E-state index contributed by atoms with van der Waals surface area (Å²) in [5, 5.41) is 3.18. The van der Waals surface area contributed by atoms with Crippen LogP contribution < -0.4 is 10.1 Å². The van der Waals surface area contributed by atoms with E-state index in [-0.39, 0.29) is 5.82 Å². The highest BCUT2D eigenvalue weighted by Crippen LogP contribution is 2.20. The molecule has 1 N–H and O–H groups in total. The molecule has 0 saturated heterocycles. The standard InChI is InChI=1S/C16H19FN2O/c1-3-18-10-13-9-14(17)7-8-16(13)20-11-15-6-4-5-12(2)19-15/h4-9,18H,3,10-11H2,1-2H3. The maximum Gasteiger partial charge on any atom is 0.130 e. The number of hydrogen-bond acceptors (Lipinski definition) is 3. The summed E-state index contributed by atoms with van der Waals surface area (Å²) in [6, 6.07) is 10.4. The van der Waals surface area contributed by atoms with Crippen LogP contribution in [-0.4, -0.2) is 11.5 Å². The number of rotatable bonds is 6. The third-order valence-corrected chi connectivity index (χ3v) is 2.91. The zero-order valence-corrected chi connectivity index (χ0v) is 11.8. The Morgan fingerprint density at radius 1 is 1.25 bits per heavy atom. The lowest BCUT2D eigenvalue weighted by atomic mass is 10.2. The second-order valence-electron chi connectivity index (χ2n) is 4.59. The number of pyridine rings is 1. The second kappa shape index (κ2) is 7.01. The Hall–Kier alpha value is -1.94. The molecular formula is C16H19FN2O. The Balaban J connectivity index is 2.08. The minimum atomic E-state index is -0.251. The highest BCUT2D eigenvalue weighted by Gasteiger charge is 2.06. The Morgan fingerprint density at radius 3 is 2.85 bits per heavy atom. The molecule has 0 bridgehead atoms. The normalized spacial score (nSPS) is 10.6. The van der Waals surface area contributed by atoms with E-state index >= 15 is 0 Å². The molecule has 0 amide bonds. The average Bonchev–Trinajstić information content (AvgIpc) is 2.44. The Bertz CT molecular complexity index is 572. The van der Waals surface area contributed by atoms with Gasteiger partial charge in [-0.25, -0.2) is 4.39 Å². The van der Waals surface area contributed by atoms with Gasteiger partial charge in [0.15, 0.2) is 0 Å². The van der Waals surface area contributed by atoms with Crippen LogP contribution in [0, 0.1) is 12.7 Å². The van der Waals surface area contributed by atoms with Gasteiger partial charge in [0.25, 0.3) is 0 Å². The lowest BCUT2D eigenvalue weighted by molar-refractivity contribution is 0.296. The van der Waals surface area contributed by atoms with Crippen LogP contribution in [-0.2, 0) is 13.2 Å². The summed E-state index contributed by atoms with van der Waals surface area (Å²) in [6.45, 7) is 5.75. The molecule has 0 aliphatic carbocycles. The van der Waals surface area contributed by atoms with E-state index in [9.17, 15) is 4.39 Å². The van der Waals surface area contributed by atoms with Gasteiger partial charge in [0.1, 0.15) is 18.2 Å². The topological polar surface area (TPSA) is 34.1 Å². The Morgan fingerprint density at radius 2 is 2.10 bits per heavy atom. The first kappa shape index (κ1) is 14.5. The molecule has 3 nitrogen and oxygen atoms in total. The molecule has 0 saturated carbocycles. The number of halogens is 1. The van der Waals surface area contributed by atoms with Gasteiger partial charge in [0.05, 0.1) is 5.69 Å². The molecule has 0 aliphatic heterocycles. The molecule has 0 fully saturated rings. The number of nitrogens with zero attached hydrogens (tertiary/aromatic N) is 1. The third-order valence-electron chi connectivity index (χ3n) is 2.91. The molecular weight excluding hydrogens is 255 g/mol. The molecule has 106 valence electrons. The number of ether oxygens (including phenoxy) is 1. The van der Waals surface area contributed by atoms with Gasteiger partial charge < -0.3 is 10.1 Å². The number of aryl methyl sites for hydroxylation is 1. The first-order valence-corrected chi connectivity index (χ1v) is 6.73. The van der Waals surface area contributed by atoms with E-state index in [1.165, 1.54) is 12.1 Å². The largest absolute Gasteiger partial charge is 0.487 e. The maximum atomic E-state index is 13.3. The Labute approximate surface area is 118 Å².